The van der Waals surface area contributed by atoms with Crippen LogP contribution in [-0.4, -0.2) is 38.1 Å². The summed E-state index contributed by atoms with van der Waals surface area (Å²) in [7, 11) is 1.87. The molecule has 0 aliphatic heterocycles. The van der Waals surface area contributed by atoms with Crippen LogP contribution in [0.5, 0.6) is 0 Å². The normalized spacial score (nSPS) is 10.9. The number of nitrogens with two attached hydrogens (primary N) is 1. The quantitative estimate of drug-likeness (QED) is 0.420. The molecule has 3 aromatic rings. The molecular weight excluding hydrogens is 348 g/mol. The number of nitrogens with zero attached hydrogens (tertiary/aromatic N) is 4. The van der Waals surface area contributed by atoms with Gasteiger partial charge in [0.25, 0.3) is 5.91 Å². The Bertz CT molecular complexity index is 970. The molecule has 27 heavy (non-hydrogen) atoms. The number of aryl methyl sites for hydroxylation is 1. The Labute approximate surface area is 155 Å². The van der Waals surface area contributed by atoms with Gasteiger partial charge in [0, 0.05) is 25.4 Å². The fourth-order valence-corrected chi connectivity index (χ4v) is 2.83. The molecular formula is C18H20N6O3. The fraction of sp³-hybridized carbons (Fsp3) is 0.222. The zero-order chi connectivity index (χ0) is 19.4. The van der Waals surface area contributed by atoms with E-state index in [1.54, 1.807) is 36.5 Å². The number of carbonyl (C=O) groups excluding carboxylic acids is 1. The molecule has 9 heteroatoms. The second-order valence-electron chi connectivity index (χ2n) is 5.96. The van der Waals surface area contributed by atoms with E-state index in [2.05, 4.69) is 15.4 Å². The van der Waals surface area contributed by atoms with E-state index in [0.717, 1.165) is 11.3 Å². The number of anilines is 1. The number of carboxylic acids is 1. The molecule has 0 bridgehead atoms. The van der Waals surface area contributed by atoms with E-state index in [9.17, 15) is 9.59 Å². The van der Waals surface area contributed by atoms with E-state index in [1.807, 2.05) is 17.7 Å². The Morgan fingerprint density at radius 1 is 1.30 bits per heavy atom. The van der Waals surface area contributed by atoms with Crippen molar-refractivity contribution in [2.75, 3.05) is 11.4 Å². The lowest BCUT2D eigenvalue weighted by Crippen LogP contribution is -2.33. The largest absolute Gasteiger partial charge is 0.481 e. The molecule has 2 aromatic heterocycles. The Balaban J connectivity index is 1.96. The molecule has 0 fully saturated rings. The minimum Gasteiger partial charge on any atom is -0.481 e. The first-order valence-electron chi connectivity index (χ1n) is 8.34. The van der Waals surface area contributed by atoms with E-state index in [-0.39, 0.29) is 18.9 Å². The number of benzene rings is 1. The van der Waals surface area contributed by atoms with Crippen LogP contribution in [0.1, 0.15) is 22.6 Å². The summed E-state index contributed by atoms with van der Waals surface area (Å²) < 4.78 is 1.89. The summed E-state index contributed by atoms with van der Waals surface area (Å²) in [5.74, 6) is 5.20. The van der Waals surface area contributed by atoms with Gasteiger partial charge in [-0.1, -0.05) is 6.07 Å². The maximum absolute atomic E-state index is 13.0. The second kappa shape index (κ2) is 7.94. The van der Waals surface area contributed by atoms with Gasteiger partial charge in [-0.3, -0.25) is 25.8 Å². The first-order valence-corrected chi connectivity index (χ1v) is 8.34. The summed E-state index contributed by atoms with van der Waals surface area (Å²) in [6.07, 6.45) is 1.38. The van der Waals surface area contributed by atoms with Crippen molar-refractivity contribution in [3.63, 3.8) is 0 Å². The van der Waals surface area contributed by atoms with Gasteiger partial charge in [0.1, 0.15) is 11.6 Å². The molecule has 1 amide bonds. The maximum atomic E-state index is 13.0. The number of fused-ring (bicyclic) bond motifs is 1. The molecule has 0 atom stereocenters. The van der Waals surface area contributed by atoms with Gasteiger partial charge < -0.3 is 9.67 Å². The number of rotatable bonds is 7. The lowest BCUT2D eigenvalue weighted by molar-refractivity contribution is -0.136. The second-order valence-corrected chi connectivity index (χ2v) is 5.96. The minimum absolute atomic E-state index is 0.0216. The van der Waals surface area contributed by atoms with Crippen molar-refractivity contribution >= 4 is 28.7 Å². The van der Waals surface area contributed by atoms with Crippen LogP contribution in [0.3, 0.4) is 0 Å². The number of aliphatic carboxylic acids is 1. The van der Waals surface area contributed by atoms with Crippen molar-refractivity contribution in [2.24, 2.45) is 12.9 Å². The third kappa shape index (κ3) is 3.94. The van der Waals surface area contributed by atoms with Gasteiger partial charge in [0.05, 0.1) is 24.0 Å². The zero-order valence-corrected chi connectivity index (χ0v) is 14.8. The Kier molecular flexibility index (Phi) is 5.43. The number of nitrogens with one attached hydrogen (secondary N) is 1. The highest BCUT2D eigenvalue weighted by Gasteiger charge is 2.21. The summed E-state index contributed by atoms with van der Waals surface area (Å²) in [6.45, 7) is 0.418. The average Bonchev–Trinajstić information content (AvgIpc) is 2.98. The van der Waals surface area contributed by atoms with Gasteiger partial charge in [-0.15, -0.1) is 0 Å². The Morgan fingerprint density at radius 3 is 2.78 bits per heavy atom. The molecule has 0 saturated carbocycles. The Morgan fingerprint density at radius 2 is 2.11 bits per heavy atom. The van der Waals surface area contributed by atoms with Crippen LogP contribution >= 0.6 is 0 Å². The molecule has 4 N–H and O–H groups in total. The highest BCUT2D eigenvalue weighted by atomic mass is 16.4. The monoisotopic (exact) mass is 368 g/mol. The minimum atomic E-state index is -0.983. The van der Waals surface area contributed by atoms with E-state index in [4.69, 9.17) is 10.9 Å². The summed E-state index contributed by atoms with van der Waals surface area (Å²) in [4.78, 5) is 34.1. The van der Waals surface area contributed by atoms with Crippen LogP contribution < -0.4 is 16.2 Å². The molecule has 9 nitrogen and oxygen atoms in total. The molecule has 1 aromatic carbocycles. The molecule has 0 aliphatic rings. The van der Waals surface area contributed by atoms with Crippen LogP contribution in [0.15, 0.2) is 42.6 Å². The van der Waals surface area contributed by atoms with Crippen LogP contribution in [-0.2, 0) is 18.4 Å². The smallest absolute Gasteiger partial charge is 0.305 e. The third-order valence-electron chi connectivity index (χ3n) is 4.20. The predicted molar refractivity (Wildman–Crippen MR) is 99.9 cm³/mol. The van der Waals surface area contributed by atoms with Crippen molar-refractivity contribution in [3.05, 3.63) is 54.0 Å². The average molecular weight is 368 g/mol. The lowest BCUT2D eigenvalue weighted by atomic mass is 10.1. The number of pyridine rings is 1. The third-order valence-corrected chi connectivity index (χ3v) is 4.20. The standard InChI is InChI=1S/C18H20N6O3/c1-23-14-6-5-12(10-13(14)22-16(23)11-21-19)18(27)24(9-7-17(25)26)15-4-2-3-8-20-15/h2-6,8,10,21H,7,9,11,19H2,1H3,(H,25,26). The van der Waals surface area contributed by atoms with Crippen LogP contribution in [0, 0.1) is 0 Å². The van der Waals surface area contributed by atoms with Gasteiger partial charge in [-0.2, -0.15) is 0 Å². The van der Waals surface area contributed by atoms with E-state index in [0.29, 0.717) is 23.4 Å². The zero-order valence-electron chi connectivity index (χ0n) is 14.8. The highest BCUT2D eigenvalue weighted by molar-refractivity contribution is 6.07. The summed E-state index contributed by atoms with van der Waals surface area (Å²) in [5.41, 5.74) is 4.50. The first-order chi connectivity index (χ1) is 13.0. The van der Waals surface area contributed by atoms with Crippen LogP contribution in [0.2, 0.25) is 0 Å². The van der Waals surface area contributed by atoms with Crippen molar-refractivity contribution in [1.82, 2.24) is 20.0 Å². The van der Waals surface area contributed by atoms with Gasteiger partial charge in [0.15, 0.2) is 0 Å². The number of carbonyl (C=O) groups is 2. The summed E-state index contributed by atoms with van der Waals surface area (Å²) >= 11 is 0. The number of hydrogen-bond donors (Lipinski definition) is 3. The number of carboxylic acid groups (broad SMARTS) is 1. The number of aromatic nitrogens is 3. The molecule has 0 radical (unpaired) electrons. The first kappa shape index (κ1) is 18.5. The summed E-state index contributed by atoms with van der Waals surface area (Å²) in [5, 5.41) is 9.00. The maximum Gasteiger partial charge on any atom is 0.305 e. The molecule has 0 spiro atoms. The molecule has 2 heterocycles. The van der Waals surface area contributed by atoms with Gasteiger partial charge >= 0.3 is 5.97 Å². The van der Waals surface area contributed by atoms with E-state index >= 15 is 0 Å². The SMILES string of the molecule is Cn1c(CNN)nc2cc(C(=O)N(CCC(=O)O)c3ccccn3)ccc21. The molecule has 0 unspecified atom stereocenters. The van der Waals surface area contributed by atoms with Crippen LogP contribution in [0.4, 0.5) is 5.82 Å². The highest BCUT2D eigenvalue weighted by Crippen LogP contribution is 2.20. The molecule has 3 rings (SSSR count). The summed E-state index contributed by atoms with van der Waals surface area (Å²) in [6, 6.07) is 10.3. The topological polar surface area (TPSA) is 126 Å². The predicted octanol–water partition coefficient (Wildman–Crippen LogP) is 1.05. The molecule has 140 valence electrons. The van der Waals surface area contributed by atoms with Gasteiger partial charge in [0.2, 0.25) is 0 Å². The van der Waals surface area contributed by atoms with Gasteiger partial charge in [-0.25, -0.2) is 9.97 Å². The van der Waals surface area contributed by atoms with Crippen molar-refractivity contribution in [1.29, 1.82) is 0 Å². The Hall–Kier alpha value is -3.30. The van der Waals surface area contributed by atoms with Crippen molar-refractivity contribution in [3.8, 4) is 0 Å². The van der Waals surface area contributed by atoms with Crippen molar-refractivity contribution in [2.45, 2.75) is 13.0 Å². The van der Waals surface area contributed by atoms with E-state index < -0.39 is 5.97 Å². The van der Waals surface area contributed by atoms with Crippen LogP contribution in [0.25, 0.3) is 11.0 Å². The fourth-order valence-electron chi connectivity index (χ4n) is 2.83. The van der Waals surface area contributed by atoms with Crippen molar-refractivity contribution < 1.29 is 14.7 Å². The van der Waals surface area contributed by atoms with Gasteiger partial charge in [-0.05, 0) is 30.3 Å². The number of hydrogen-bond acceptors (Lipinski definition) is 6. The number of imidazole rings is 1. The molecule has 0 saturated heterocycles. The molecule has 0 aliphatic carbocycles. The number of hydrazine groups is 1. The lowest BCUT2D eigenvalue weighted by Gasteiger charge is -2.21. The number of amides is 1. The van der Waals surface area contributed by atoms with E-state index in [1.165, 1.54) is 4.90 Å².